The zero-order chi connectivity index (χ0) is 32.7. The van der Waals surface area contributed by atoms with E-state index in [4.69, 9.17) is 10.5 Å². The minimum atomic E-state index is -0.660. The average molecular weight is 633 g/mol. The number of ether oxygens (including phenoxy) is 1. The van der Waals surface area contributed by atoms with Crippen molar-refractivity contribution >= 4 is 17.9 Å². The van der Waals surface area contributed by atoms with Crippen molar-refractivity contribution in [3.8, 4) is 5.75 Å². The molecule has 7 unspecified atom stereocenters. The first-order valence-corrected chi connectivity index (χ1v) is 17.3. The fourth-order valence-corrected chi connectivity index (χ4v) is 8.49. The van der Waals surface area contributed by atoms with E-state index >= 15 is 0 Å². The third-order valence-corrected chi connectivity index (χ3v) is 11.0. The number of carbonyl (C=O) groups excluding carboxylic acids is 3. The molecule has 0 aliphatic heterocycles. The van der Waals surface area contributed by atoms with Crippen molar-refractivity contribution in [2.75, 3.05) is 19.6 Å². The lowest BCUT2D eigenvalue weighted by Crippen LogP contribution is -2.50. The maximum atomic E-state index is 13.1. The lowest BCUT2D eigenvalue weighted by Gasteiger charge is -2.50. The Kier molecular flexibility index (Phi) is 11.3. The number of rotatable bonds is 13. The van der Waals surface area contributed by atoms with Gasteiger partial charge >= 0.3 is 6.09 Å². The molecule has 3 amide bonds. The first kappa shape index (κ1) is 33.8. The van der Waals surface area contributed by atoms with Crippen LogP contribution in [0, 0.1) is 23.2 Å². The number of hydrogen-bond acceptors (Lipinski definition) is 6. The molecule has 46 heavy (non-hydrogen) atoms. The Bertz CT molecular complexity index is 1350. The van der Waals surface area contributed by atoms with Crippen LogP contribution >= 0.6 is 0 Å². The second-order valence-electron chi connectivity index (χ2n) is 14.0. The maximum absolute atomic E-state index is 13.1. The first-order valence-electron chi connectivity index (χ1n) is 17.3. The number of benzene rings is 2. The molecule has 6 N–H and O–H groups in total. The van der Waals surface area contributed by atoms with Crippen LogP contribution in [0.2, 0.25) is 0 Å². The van der Waals surface area contributed by atoms with Gasteiger partial charge in [-0.1, -0.05) is 50.2 Å². The molecule has 3 aliphatic rings. The largest absolute Gasteiger partial charge is 0.508 e. The van der Waals surface area contributed by atoms with Crippen molar-refractivity contribution < 1.29 is 24.2 Å². The molecule has 0 saturated heterocycles. The molecule has 0 spiro atoms. The van der Waals surface area contributed by atoms with Gasteiger partial charge in [0.2, 0.25) is 11.8 Å². The van der Waals surface area contributed by atoms with Gasteiger partial charge in [0.05, 0.1) is 0 Å². The molecule has 0 radical (unpaired) electrons. The van der Waals surface area contributed by atoms with Gasteiger partial charge in [-0.15, -0.1) is 0 Å². The summed E-state index contributed by atoms with van der Waals surface area (Å²) in [6, 6.07) is 15.0. The molecule has 2 aromatic rings. The van der Waals surface area contributed by atoms with Gasteiger partial charge in [0.1, 0.15) is 17.9 Å². The number of aryl methyl sites for hydroxylation is 1. The number of hydrogen-bond donors (Lipinski definition) is 5. The quantitative estimate of drug-likeness (QED) is 0.198. The Morgan fingerprint density at radius 1 is 1.00 bits per heavy atom. The Morgan fingerprint density at radius 2 is 1.78 bits per heavy atom. The fraction of sp³-hybridized carbons (Fsp3) is 0.595. The lowest BCUT2D eigenvalue weighted by molar-refractivity contribution is -0.131. The summed E-state index contributed by atoms with van der Waals surface area (Å²) in [4.78, 5) is 38.9. The van der Waals surface area contributed by atoms with Crippen LogP contribution < -0.4 is 21.7 Å². The molecule has 9 heteroatoms. The number of alkyl carbamates (subject to hydrolysis) is 1. The van der Waals surface area contributed by atoms with Crippen LogP contribution in [0.5, 0.6) is 5.75 Å². The van der Waals surface area contributed by atoms with Crippen LogP contribution in [-0.2, 0) is 27.2 Å². The van der Waals surface area contributed by atoms with Gasteiger partial charge in [0.15, 0.2) is 0 Å². The predicted octanol–water partition coefficient (Wildman–Crippen LogP) is 4.95. The number of phenols is 1. The summed E-state index contributed by atoms with van der Waals surface area (Å²) in [5, 5.41) is 18.6. The number of aromatic hydroxyl groups is 1. The summed E-state index contributed by atoms with van der Waals surface area (Å²) < 4.78 is 6.03. The Labute approximate surface area is 273 Å². The van der Waals surface area contributed by atoms with Gasteiger partial charge in [-0.25, -0.2) is 4.79 Å². The molecule has 9 nitrogen and oxygen atoms in total. The molecule has 2 saturated carbocycles. The summed E-state index contributed by atoms with van der Waals surface area (Å²) in [5.74, 6) is 1.23. The molecule has 0 bridgehead atoms. The molecular weight excluding hydrogens is 580 g/mol. The monoisotopic (exact) mass is 632 g/mol. The fourth-order valence-electron chi connectivity index (χ4n) is 8.49. The van der Waals surface area contributed by atoms with Crippen molar-refractivity contribution in [3.63, 3.8) is 0 Å². The van der Waals surface area contributed by atoms with Gasteiger partial charge in [-0.3, -0.25) is 9.59 Å². The molecule has 7 atom stereocenters. The smallest absolute Gasteiger partial charge is 0.407 e. The second kappa shape index (κ2) is 15.3. The number of phenolic OH excluding ortho intramolecular Hbond substituents is 1. The Morgan fingerprint density at radius 3 is 2.57 bits per heavy atom. The topological polar surface area (TPSA) is 143 Å². The van der Waals surface area contributed by atoms with E-state index in [1.807, 2.05) is 49.4 Å². The second-order valence-corrected chi connectivity index (χ2v) is 14.0. The van der Waals surface area contributed by atoms with Gasteiger partial charge in [-0.05, 0) is 117 Å². The number of nitrogens with two attached hydrogens (primary N) is 1. The lowest BCUT2D eigenvalue weighted by atomic mass is 9.55. The van der Waals surface area contributed by atoms with E-state index in [9.17, 15) is 19.5 Å². The first-order chi connectivity index (χ1) is 22.2. The van der Waals surface area contributed by atoms with Crippen molar-refractivity contribution in [1.82, 2.24) is 16.0 Å². The molecular formula is C37H52N4O5. The highest BCUT2D eigenvalue weighted by atomic mass is 16.6. The zero-order valence-electron chi connectivity index (χ0n) is 27.4. The SMILES string of the molecule is CC(Cc1ccccc1)C(=O)NC(CCCCN)C(=O)NCCNC(=O)OC1CCC2C3CCc4cc(O)ccc4C3CCC12C. The van der Waals surface area contributed by atoms with Crippen LogP contribution in [0.1, 0.15) is 87.8 Å². The minimum absolute atomic E-state index is 0.0479. The highest BCUT2D eigenvalue weighted by molar-refractivity contribution is 5.88. The summed E-state index contributed by atoms with van der Waals surface area (Å²) in [6.07, 6.45) is 8.11. The standard InChI is InChI=1S/C37H52N4O5/c1-24(22-25-8-4-3-5-9-25)34(43)41-32(10-6-7-19-38)35(44)39-20-21-40-36(45)46-33-16-15-31-30-13-11-26-23-27(42)12-14-28(26)29(30)17-18-37(31,33)2/h3-5,8-9,12,14,23-24,29-33,42H,6-7,10-11,13,15-22,38H2,1-2H3,(H,39,44)(H,40,45)(H,41,43). The van der Waals surface area contributed by atoms with E-state index in [0.29, 0.717) is 42.9 Å². The number of carbonyl (C=O) groups is 3. The van der Waals surface area contributed by atoms with Crippen LogP contribution in [-0.4, -0.2) is 54.8 Å². The third-order valence-electron chi connectivity index (χ3n) is 11.0. The predicted molar refractivity (Wildman–Crippen MR) is 178 cm³/mol. The molecule has 2 aromatic carbocycles. The van der Waals surface area contributed by atoms with E-state index < -0.39 is 12.1 Å². The van der Waals surface area contributed by atoms with Gasteiger partial charge in [0, 0.05) is 24.4 Å². The van der Waals surface area contributed by atoms with Gasteiger partial charge in [0.25, 0.3) is 0 Å². The average Bonchev–Trinajstić information content (AvgIpc) is 3.38. The molecule has 0 heterocycles. The highest BCUT2D eigenvalue weighted by Gasteiger charge is 2.56. The van der Waals surface area contributed by atoms with Crippen molar-refractivity contribution in [3.05, 3.63) is 65.2 Å². The summed E-state index contributed by atoms with van der Waals surface area (Å²) in [6.45, 7) is 5.16. The number of unbranched alkanes of at least 4 members (excludes halogenated alkanes) is 1. The van der Waals surface area contributed by atoms with Crippen LogP contribution in [0.25, 0.3) is 0 Å². The molecule has 0 aromatic heterocycles. The van der Waals surface area contributed by atoms with Gasteiger partial charge < -0.3 is 31.5 Å². The van der Waals surface area contributed by atoms with E-state index in [1.54, 1.807) is 0 Å². The normalized spacial score (nSPS) is 26.1. The van der Waals surface area contributed by atoms with E-state index in [2.05, 4.69) is 28.9 Å². The number of nitrogens with one attached hydrogen (secondary N) is 3. The van der Waals surface area contributed by atoms with Crippen molar-refractivity contribution in [1.29, 1.82) is 0 Å². The highest BCUT2D eigenvalue weighted by Crippen LogP contribution is 2.61. The van der Waals surface area contributed by atoms with E-state index in [0.717, 1.165) is 56.9 Å². The molecule has 3 aliphatic carbocycles. The number of fused-ring (bicyclic) bond motifs is 5. The Balaban J connectivity index is 1.07. The van der Waals surface area contributed by atoms with Crippen LogP contribution in [0.15, 0.2) is 48.5 Å². The number of amides is 3. The zero-order valence-corrected chi connectivity index (χ0v) is 27.4. The van der Waals surface area contributed by atoms with Crippen molar-refractivity contribution in [2.45, 2.75) is 96.1 Å². The van der Waals surface area contributed by atoms with Crippen LogP contribution in [0.4, 0.5) is 4.79 Å². The molecule has 5 rings (SSSR count). The minimum Gasteiger partial charge on any atom is -0.508 e. The van der Waals surface area contributed by atoms with E-state index in [1.165, 1.54) is 11.1 Å². The van der Waals surface area contributed by atoms with Gasteiger partial charge in [-0.2, -0.15) is 0 Å². The third kappa shape index (κ3) is 7.85. The van der Waals surface area contributed by atoms with E-state index in [-0.39, 0.29) is 42.3 Å². The maximum Gasteiger partial charge on any atom is 0.407 e. The molecule has 250 valence electrons. The summed E-state index contributed by atoms with van der Waals surface area (Å²) >= 11 is 0. The Hall–Kier alpha value is -3.59. The van der Waals surface area contributed by atoms with Crippen LogP contribution in [0.3, 0.4) is 0 Å². The molecule has 2 fully saturated rings. The van der Waals surface area contributed by atoms with Crippen molar-refractivity contribution in [2.24, 2.45) is 28.9 Å². The summed E-state index contributed by atoms with van der Waals surface area (Å²) in [5.41, 5.74) is 9.36. The summed E-state index contributed by atoms with van der Waals surface area (Å²) in [7, 11) is 0.